The molecule has 6 rings (SSSR count). The highest BCUT2D eigenvalue weighted by Crippen LogP contribution is 2.39. The molecule has 2 aliphatic heterocycles. The molecule has 0 spiro atoms. The molecule has 1 amide bonds. The maximum absolute atomic E-state index is 11.6. The van der Waals surface area contributed by atoms with Crippen LogP contribution in [0.5, 0.6) is 11.5 Å². The van der Waals surface area contributed by atoms with Gasteiger partial charge in [-0.15, -0.1) is 0 Å². The van der Waals surface area contributed by atoms with Gasteiger partial charge in [-0.1, -0.05) is 0 Å². The minimum atomic E-state index is -0.170. The molecule has 0 saturated heterocycles. The van der Waals surface area contributed by atoms with Gasteiger partial charge in [-0.3, -0.25) is 9.78 Å². The normalized spacial score (nSPS) is 21.0. The second-order valence-electron chi connectivity index (χ2n) is 9.69. The molecule has 9 nitrogen and oxygen atoms in total. The van der Waals surface area contributed by atoms with Crippen LogP contribution in [0, 0.1) is 17.2 Å². The molecule has 3 aromatic rings. The highest BCUT2D eigenvalue weighted by Gasteiger charge is 2.27. The summed E-state index contributed by atoms with van der Waals surface area (Å²) in [6.45, 7) is 3.17. The van der Waals surface area contributed by atoms with Crippen LogP contribution in [0.2, 0.25) is 0 Å². The molecule has 36 heavy (non-hydrogen) atoms. The summed E-state index contributed by atoms with van der Waals surface area (Å²) in [5, 5.41) is 16.8. The highest BCUT2D eigenvalue weighted by atomic mass is 16.5. The topological polar surface area (TPSA) is 112 Å². The van der Waals surface area contributed by atoms with Crippen molar-refractivity contribution in [2.45, 2.75) is 38.3 Å². The first-order chi connectivity index (χ1) is 17.7. The average molecular weight is 485 g/mol. The Kier molecular flexibility index (Phi) is 6.03. The number of nitrogens with one attached hydrogen (secondary N) is 2. The summed E-state index contributed by atoms with van der Waals surface area (Å²) in [4.78, 5) is 23.1. The maximum Gasteiger partial charge on any atom is 0.263 e. The Hall–Kier alpha value is -3.90. The Bertz CT molecular complexity index is 1350. The molecule has 1 saturated carbocycles. The van der Waals surface area contributed by atoms with Gasteiger partial charge in [-0.05, 0) is 61.9 Å². The Morgan fingerprint density at radius 1 is 1.14 bits per heavy atom. The molecular weight excluding hydrogens is 456 g/mol. The largest absolute Gasteiger partial charge is 0.488 e. The quantitative estimate of drug-likeness (QED) is 0.567. The SMILES string of the molecule is N#Cc1ccc2ncc3c(c2c1)N(C[C@H]1CC[C@H](NCc2ccc4c(n2)NC(=O)CO4)CC1)CCO3. The molecule has 0 atom stereocenters. The summed E-state index contributed by atoms with van der Waals surface area (Å²) in [6, 6.07) is 12.2. The van der Waals surface area contributed by atoms with Crippen molar-refractivity contribution in [3.63, 3.8) is 0 Å². The second kappa shape index (κ2) is 9.63. The molecule has 0 radical (unpaired) electrons. The van der Waals surface area contributed by atoms with Crippen molar-refractivity contribution in [2.75, 3.05) is 36.5 Å². The number of ether oxygens (including phenoxy) is 2. The standard InChI is InChI=1S/C27H28N6O3/c28-12-18-3-7-22-21(11-18)26-24(14-30-22)35-10-9-33(26)15-17-1-4-19(5-2-17)29-13-20-6-8-23-27(31-20)32-25(34)16-36-23/h3,6-8,11,14,17,19,29H,1-2,4-5,9-10,13,15-16H2,(H,31,32,34)/t17-,19-. The summed E-state index contributed by atoms with van der Waals surface area (Å²) < 4.78 is 11.3. The fourth-order valence-corrected chi connectivity index (χ4v) is 5.43. The van der Waals surface area contributed by atoms with Crippen LogP contribution in [-0.4, -0.2) is 48.2 Å². The number of carbonyl (C=O) groups is 1. The van der Waals surface area contributed by atoms with E-state index >= 15 is 0 Å². The summed E-state index contributed by atoms with van der Waals surface area (Å²) in [6.07, 6.45) is 6.34. The number of benzene rings is 1. The van der Waals surface area contributed by atoms with Crippen molar-refractivity contribution >= 4 is 28.3 Å². The van der Waals surface area contributed by atoms with E-state index in [0.717, 1.165) is 66.8 Å². The lowest BCUT2D eigenvalue weighted by Gasteiger charge is -2.37. The van der Waals surface area contributed by atoms with Crippen LogP contribution in [0.3, 0.4) is 0 Å². The van der Waals surface area contributed by atoms with Gasteiger partial charge in [-0.25, -0.2) is 4.98 Å². The van der Waals surface area contributed by atoms with Gasteiger partial charge in [0.15, 0.2) is 23.9 Å². The van der Waals surface area contributed by atoms with Crippen LogP contribution < -0.4 is 25.0 Å². The van der Waals surface area contributed by atoms with Gasteiger partial charge >= 0.3 is 0 Å². The van der Waals surface area contributed by atoms with Crippen molar-refractivity contribution in [2.24, 2.45) is 5.92 Å². The van der Waals surface area contributed by atoms with Gasteiger partial charge < -0.3 is 25.0 Å². The number of nitrogens with zero attached hydrogens (tertiary/aromatic N) is 4. The lowest BCUT2D eigenvalue weighted by Crippen LogP contribution is -2.40. The molecule has 184 valence electrons. The van der Waals surface area contributed by atoms with Crippen LogP contribution in [-0.2, 0) is 11.3 Å². The molecule has 3 aliphatic rings. The molecule has 2 aromatic heterocycles. The monoisotopic (exact) mass is 484 g/mol. The van der Waals surface area contributed by atoms with Gasteiger partial charge in [-0.2, -0.15) is 5.26 Å². The van der Waals surface area contributed by atoms with Crippen LogP contribution >= 0.6 is 0 Å². The van der Waals surface area contributed by atoms with Crippen LogP contribution in [0.4, 0.5) is 11.5 Å². The van der Waals surface area contributed by atoms with E-state index in [9.17, 15) is 10.1 Å². The molecule has 9 heteroatoms. The molecule has 1 aliphatic carbocycles. The molecule has 1 fully saturated rings. The number of pyridine rings is 2. The minimum absolute atomic E-state index is 0.0412. The highest BCUT2D eigenvalue weighted by molar-refractivity contribution is 5.96. The number of carbonyl (C=O) groups excluding carboxylic acids is 1. The number of aromatic nitrogens is 2. The maximum atomic E-state index is 11.6. The number of fused-ring (bicyclic) bond motifs is 4. The zero-order valence-corrected chi connectivity index (χ0v) is 20.0. The Morgan fingerprint density at radius 3 is 2.89 bits per heavy atom. The summed E-state index contributed by atoms with van der Waals surface area (Å²) in [5.41, 5.74) is 3.48. The van der Waals surface area contributed by atoms with Crippen LogP contribution in [0.25, 0.3) is 10.9 Å². The molecule has 2 N–H and O–H groups in total. The van der Waals surface area contributed by atoms with E-state index in [1.54, 1.807) is 0 Å². The number of hydrogen-bond acceptors (Lipinski definition) is 8. The van der Waals surface area contributed by atoms with Gasteiger partial charge in [0, 0.05) is 24.5 Å². The lowest BCUT2D eigenvalue weighted by molar-refractivity contribution is -0.118. The first-order valence-electron chi connectivity index (χ1n) is 12.5. The predicted molar refractivity (Wildman–Crippen MR) is 135 cm³/mol. The van der Waals surface area contributed by atoms with Crippen molar-refractivity contribution in [1.82, 2.24) is 15.3 Å². The summed E-state index contributed by atoms with van der Waals surface area (Å²) in [5.74, 6) is 2.36. The van der Waals surface area contributed by atoms with E-state index in [-0.39, 0.29) is 12.5 Å². The number of rotatable bonds is 5. The number of nitriles is 1. The third-order valence-electron chi connectivity index (χ3n) is 7.30. The fourth-order valence-electron chi connectivity index (χ4n) is 5.43. The van der Waals surface area contributed by atoms with Gasteiger partial charge in [0.25, 0.3) is 5.91 Å². The van der Waals surface area contributed by atoms with E-state index in [4.69, 9.17) is 9.47 Å². The van der Waals surface area contributed by atoms with Gasteiger partial charge in [0.1, 0.15) is 6.61 Å². The molecule has 0 bridgehead atoms. The van der Waals surface area contributed by atoms with Crippen molar-refractivity contribution in [3.8, 4) is 17.6 Å². The first kappa shape index (κ1) is 22.6. The number of anilines is 2. The zero-order valence-electron chi connectivity index (χ0n) is 20.0. The van der Waals surface area contributed by atoms with E-state index in [1.165, 1.54) is 0 Å². The van der Waals surface area contributed by atoms with Crippen LogP contribution in [0.15, 0.2) is 36.5 Å². The Balaban J connectivity index is 1.07. The third-order valence-corrected chi connectivity index (χ3v) is 7.30. The van der Waals surface area contributed by atoms with E-state index in [2.05, 4.69) is 31.6 Å². The predicted octanol–water partition coefficient (Wildman–Crippen LogP) is 3.38. The number of amides is 1. The molecular formula is C27H28N6O3. The first-order valence-corrected chi connectivity index (χ1v) is 12.5. The molecule has 1 aromatic carbocycles. The molecule has 0 unspecified atom stereocenters. The van der Waals surface area contributed by atoms with Crippen molar-refractivity contribution in [1.29, 1.82) is 5.26 Å². The third kappa shape index (κ3) is 4.52. The summed E-state index contributed by atoms with van der Waals surface area (Å²) >= 11 is 0. The zero-order chi connectivity index (χ0) is 24.5. The van der Waals surface area contributed by atoms with Crippen molar-refractivity contribution in [3.05, 3.63) is 47.8 Å². The van der Waals surface area contributed by atoms with Gasteiger partial charge in [0.2, 0.25) is 0 Å². The Labute approximate surface area is 209 Å². The van der Waals surface area contributed by atoms with E-state index in [1.807, 2.05) is 36.5 Å². The van der Waals surface area contributed by atoms with E-state index in [0.29, 0.717) is 42.2 Å². The molecule has 4 heterocycles. The summed E-state index contributed by atoms with van der Waals surface area (Å²) in [7, 11) is 0. The Morgan fingerprint density at radius 2 is 2.03 bits per heavy atom. The van der Waals surface area contributed by atoms with Gasteiger partial charge in [0.05, 0.1) is 41.3 Å². The minimum Gasteiger partial charge on any atom is -0.488 e. The van der Waals surface area contributed by atoms with Crippen molar-refractivity contribution < 1.29 is 14.3 Å². The number of hydrogen-bond donors (Lipinski definition) is 2. The van der Waals surface area contributed by atoms with Crippen LogP contribution in [0.1, 0.15) is 36.9 Å². The second-order valence-corrected chi connectivity index (χ2v) is 9.69. The fraction of sp³-hybridized carbons (Fsp3) is 0.407. The van der Waals surface area contributed by atoms with E-state index < -0.39 is 0 Å². The smallest absolute Gasteiger partial charge is 0.263 e. The average Bonchev–Trinajstić information content (AvgIpc) is 2.92. The lowest BCUT2D eigenvalue weighted by atomic mass is 9.85.